The first-order valence-corrected chi connectivity index (χ1v) is 8.37. The highest BCUT2D eigenvalue weighted by atomic mass is 31.1. The second kappa shape index (κ2) is 6.88. The van der Waals surface area contributed by atoms with Gasteiger partial charge in [0.15, 0.2) is 0 Å². The van der Waals surface area contributed by atoms with E-state index in [1.807, 2.05) is 6.07 Å². The van der Waals surface area contributed by atoms with Crippen molar-refractivity contribution in [1.82, 2.24) is 0 Å². The smallest absolute Gasteiger partial charge is 0.126 e. The van der Waals surface area contributed by atoms with Crippen molar-refractivity contribution in [3.63, 3.8) is 0 Å². The summed E-state index contributed by atoms with van der Waals surface area (Å²) >= 11 is 0. The van der Waals surface area contributed by atoms with Crippen molar-refractivity contribution in [2.45, 2.75) is 0 Å². The molecular weight excluding hydrogens is 258 g/mol. The summed E-state index contributed by atoms with van der Waals surface area (Å²) in [7, 11) is 4.26. The molecule has 2 aromatic carbocycles. The summed E-state index contributed by atoms with van der Waals surface area (Å²) in [6, 6.07) is 19.1. The van der Waals surface area contributed by atoms with Gasteiger partial charge in [0, 0.05) is 5.30 Å². The maximum absolute atomic E-state index is 5.50. The van der Waals surface area contributed by atoms with E-state index in [4.69, 9.17) is 4.74 Å². The first-order chi connectivity index (χ1) is 8.86. The zero-order chi connectivity index (χ0) is 12.8. The van der Waals surface area contributed by atoms with E-state index in [9.17, 15) is 0 Å². The van der Waals surface area contributed by atoms with Crippen molar-refractivity contribution in [1.29, 1.82) is 0 Å². The zero-order valence-corrected chi connectivity index (χ0v) is 12.6. The molecule has 0 aliphatic carbocycles. The summed E-state index contributed by atoms with van der Waals surface area (Å²) in [5, 5.41) is 2.75. The van der Waals surface area contributed by atoms with Gasteiger partial charge in [0.1, 0.15) is 5.75 Å². The molecule has 2 rings (SSSR count). The van der Waals surface area contributed by atoms with Crippen molar-refractivity contribution in [2.75, 3.05) is 19.4 Å². The summed E-state index contributed by atoms with van der Waals surface area (Å²) in [6.45, 7) is 0. The number of benzene rings is 2. The number of hydrogen-bond donors (Lipinski definition) is 0. The van der Waals surface area contributed by atoms with E-state index < -0.39 is 0 Å². The normalized spacial score (nSPS) is 12.1. The Hall–Kier alpha value is -0.900. The molecule has 0 saturated heterocycles. The highest BCUT2D eigenvalue weighted by Gasteiger charge is 2.16. The zero-order valence-electron chi connectivity index (χ0n) is 10.5. The molecule has 0 spiro atoms. The molecule has 0 radical (unpaired) electrons. The van der Waals surface area contributed by atoms with Crippen LogP contribution in [0, 0.1) is 0 Å². The molecule has 0 saturated carbocycles. The molecule has 0 fully saturated rings. The Morgan fingerprint density at radius 3 is 2.33 bits per heavy atom. The van der Waals surface area contributed by atoms with Crippen LogP contribution >= 0.6 is 17.2 Å². The molecule has 0 N–H and O–H groups in total. The van der Waals surface area contributed by atoms with Crippen molar-refractivity contribution in [3.05, 3.63) is 54.6 Å². The van der Waals surface area contributed by atoms with Crippen LogP contribution < -0.4 is 15.3 Å². The van der Waals surface area contributed by atoms with Crippen LogP contribution in [0.3, 0.4) is 0 Å². The molecule has 0 bridgehead atoms. The Labute approximate surface area is 113 Å². The Balaban J connectivity index is 2.41. The molecule has 1 nitrogen and oxygen atoms in total. The number of methoxy groups -OCH3 is 1. The largest absolute Gasteiger partial charge is 0.496 e. The van der Waals surface area contributed by atoms with Crippen LogP contribution in [0.1, 0.15) is 0 Å². The van der Waals surface area contributed by atoms with Crippen LogP contribution in [0.4, 0.5) is 0 Å². The molecule has 0 amide bonds. The van der Waals surface area contributed by atoms with Crippen LogP contribution in [0.2, 0.25) is 0 Å². The lowest BCUT2D eigenvalue weighted by Crippen LogP contribution is -2.16. The maximum atomic E-state index is 5.50. The first-order valence-electron chi connectivity index (χ1n) is 6.02. The van der Waals surface area contributed by atoms with Crippen molar-refractivity contribution in [2.24, 2.45) is 0 Å². The Morgan fingerprint density at radius 1 is 1.00 bits per heavy atom. The predicted octanol–water partition coefficient (Wildman–Crippen LogP) is 3.00. The Kier molecular flexibility index (Phi) is 5.17. The number of para-hydroxylation sites is 1. The first kappa shape index (κ1) is 13.5. The monoisotopic (exact) mass is 276 g/mol. The van der Waals surface area contributed by atoms with Crippen LogP contribution in [0.15, 0.2) is 54.6 Å². The summed E-state index contributed by atoms with van der Waals surface area (Å²) in [6.07, 6.45) is 2.28. The van der Waals surface area contributed by atoms with E-state index in [0.29, 0.717) is 0 Å². The molecule has 2 aromatic rings. The quantitative estimate of drug-likeness (QED) is 0.763. The van der Waals surface area contributed by atoms with Gasteiger partial charge in [-0.25, -0.2) is 0 Å². The van der Waals surface area contributed by atoms with E-state index in [1.165, 1.54) is 16.8 Å². The lowest BCUT2D eigenvalue weighted by Gasteiger charge is -2.20. The SMILES string of the molecule is COc1ccccc1P(CCP)c1ccccc1. The lowest BCUT2D eigenvalue weighted by molar-refractivity contribution is 0.418. The third-order valence-corrected chi connectivity index (χ3v) is 6.15. The van der Waals surface area contributed by atoms with Gasteiger partial charge in [0.2, 0.25) is 0 Å². The second-order valence-corrected chi connectivity index (χ2v) is 6.83. The van der Waals surface area contributed by atoms with Gasteiger partial charge in [0.25, 0.3) is 0 Å². The van der Waals surface area contributed by atoms with Gasteiger partial charge in [0.05, 0.1) is 7.11 Å². The second-order valence-electron chi connectivity index (χ2n) is 3.95. The minimum atomic E-state index is -0.323. The van der Waals surface area contributed by atoms with Crippen LogP contribution in [-0.2, 0) is 0 Å². The fraction of sp³-hybridized carbons (Fsp3) is 0.200. The van der Waals surface area contributed by atoms with Gasteiger partial charge >= 0.3 is 0 Å². The average molecular weight is 276 g/mol. The predicted molar refractivity (Wildman–Crippen MR) is 85.1 cm³/mol. The number of rotatable bonds is 5. The molecule has 94 valence electrons. The fourth-order valence-electron chi connectivity index (χ4n) is 1.98. The fourth-order valence-corrected chi connectivity index (χ4v) is 5.02. The Morgan fingerprint density at radius 2 is 1.67 bits per heavy atom. The number of ether oxygens (including phenoxy) is 1. The molecule has 0 heterocycles. The molecule has 2 unspecified atom stereocenters. The maximum Gasteiger partial charge on any atom is 0.126 e. The van der Waals surface area contributed by atoms with Crippen molar-refractivity contribution >= 4 is 27.8 Å². The van der Waals surface area contributed by atoms with Gasteiger partial charge in [-0.2, -0.15) is 0 Å². The third-order valence-electron chi connectivity index (χ3n) is 2.80. The summed E-state index contributed by atoms with van der Waals surface area (Å²) in [4.78, 5) is 0. The minimum absolute atomic E-state index is 0.323. The lowest BCUT2D eigenvalue weighted by atomic mass is 10.3. The highest BCUT2D eigenvalue weighted by molar-refractivity contribution is 7.73. The van der Waals surface area contributed by atoms with Gasteiger partial charge in [-0.3, -0.25) is 0 Å². The van der Waals surface area contributed by atoms with Crippen LogP contribution in [-0.4, -0.2) is 19.4 Å². The molecule has 18 heavy (non-hydrogen) atoms. The van der Waals surface area contributed by atoms with E-state index in [2.05, 4.69) is 57.8 Å². The highest BCUT2D eigenvalue weighted by Crippen LogP contribution is 2.37. The topological polar surface area (TPSA) is 9.23 Å². The van der Waals surface area contributed by atoms with Gasteiger partial charge in [-0.1, -0.05) is 48.5 Å². The molecule has 2 atom stereocenters. The molecule has 3 heteroatoms. The number of hydrogen-bond acceptors (Lipinski definition) is 1. The van der Waals surface area contributed by atoms with Crippen LogP contribution in [0.25, 0.3) is 0 Å². The van der Waals surface area contributed by atoms with Gasteiger partial charge in [-0.05, 0) is 31.6 Å². The molecule has 0 aliphatic rings. The summed E-state index contributed by atoms with van der Waals surface area (Å²) in [5.41, 5.74) is 0. The van der Waals surface area contributed by atoms with E-state index >= 15 is 0 Å². The summed E-state index contributed by atoms with van der Waals surface area (Å²) in [5.74, 6) is 1.01. The van der Waals surface area contributed by atoms with E-state index in [0.717, 1.165) is 11.9 Å². The minimum Gasteiger partial charge on any atom is -0.496 e. The van der Waals surface area contributed by atoms with Crippen molar-refractivity contribution < 1.29 is 4.74 Å². The van der Waals surface area contributed by atoms with Gasteiger partial charge < -0.3 is 4.74 Å². The average Bonchev–Trinajstić information content (AvgIpc) is 2.46. The van der Waals surface area contributed by atoms with E-state index in [1.54, 1.807) is 7.11 Å². The third kappa shape index (κ3) is 3.10. The summed E-state index contributed by atoms with van der Waals surface area (Å²) < 4.78 is 5.50. The van der Waals surface area contributed by atoms with Crippen LogP contribution in [0.5, 0.6) is 5.75 Å². The molecular formula is C15H18OP2. The molecule has 0 aliphatic heterocycles. The molecule has 0 aromatic heterocycles. The van der Waals surface area contributed by atoms with E-state index in [-0.39, 0.29) is 7.92 Å². The Bertz CT molecular complexity index is 485. The standard InChI is InChI=1S/C15H18OP2/c1-16-14-9-5-6-10-15(14)18(12-11-17)13-7-3-2-4-8-13/h2-10H,11-12,17H2,1H3. The van der Waals surface area contributed by atoms with Crippen molar-refractivity contribution in [3.8, 4) is 5.75 Å². The van der Waals surface area contributed by atoms with Gasteiger partial charge in [-0.15, -0.1) is 9.24 Å².